The van der Waals surface area contributed by atoms with Gasteiger partial charge in [0.15, 0.2) is 11.6 Å². The van der Waals surface area contributed by atoms with Crippen LogP contribution >= 0.6 is 22.6 Å². The van der Waals surface area contributed by atoms with Crippen LogP contribution in [0.2, 0.25) is 0 Å². The number of para-hydroxylation sites is 1. The lowest BCUT2D eigenvalue weighted by molar-refractivity contribution is 0.286. The Morgan fingerprint density at radius 1 is 1.15 bits per heavy atom. The summed E-state index contributed by atoms with van der Waals surface area (Å²) in [6.07, 6.45) is 0. The van der Waals surface area contributed by atoms with Crippen molar-refractivity contribution in [3.8, 4) is 5.75 Å². The molecule has 2 rings (SSSR count). The Balaban J connectivity index is 2.09. The van der Waals surface area contributed by atoms with E-state index in [4.69, 9.17) is 4.74 Å². The molecular formula is C16H17FINO. The Kier molecular flexibility index (Phi) is 5.79. The molecule has 0 heterocycles. The van der Waals surface area contributed by atoms with Gasteiger partial charge in [-0.1, -0.05) is 31.2 Å². The predicted molar refractivity (Wildman–Crippen MR) is 87.3 cm³/mol. The molecular weight excluding hydrogens is 368 g/mol. The van der Waals surface area contributed by atoms with Crippen LogP contribution in [0.4, 0.5) is 4.39 Å². The van der Waals surface area contributed by atoms with Crippen LogP contribution in [0.5, 0.6) is 5.75 Å². The molecule has 0 atom stereocenters. The molecule has 2 nitrogen and oxygen atoms in total. The SMILES string of the molecule is CCNCc1cccc(F)c1OCc1ccc(I)cc1. The summed E-state index contributed by atoms with van der Waals surface area (Å²) in [4.78, 5) is 0. The monoisotopic (exact) mass is 385 g/mol. The lowest BCUT2D eigenvalue weighted by atomic mass is 10.2. The zero-order valence-electron chi connectivity index (χ0n) is 11.3. The van der Waals surface area contributed by atoms with Crippen LogP contribution < -0.4 is 10.1 Å². The summed E-state index contributed by atoms with van der Waals surface area (Å²) in [6.45, 7) is 3.84. The van der Waals surface area contributed by atoms with E-state index in [0.29, 0.717) is 18.9 Å². The maximum Gasteiger partial charge on any atom is 0.165 e. The molecule has 1 N–H and O–H groups in total. The fraction of sp³-hybridized carbons (Fsp3) is 0.250. The van der Waals surface area contributed by atoms with Gasteiger partial charge in [0.1, 0.15) is 6.61 Å². The van der Waals surface area contributed by atoms with Crippen LogP contribution in [0, 0.1) is 9.39 Å². The van der Waals surface area contributed by atoms with E-state index >= 15 is 0 Å². The first-order valence-corrected chi connectivity index (χ1v) is 7.64. The van der Waals surface area contributed by atoms with E-state index in [-0.39, 0.29) is 5.82 Å². The summed E-state index contributed by atoms with van der Waals surface area (Å²) in [5, 5.41) is 3.19. The van der Waals surface area contributed by atoms with Crippen molar-refractivity contribution in [1.82, 2.24) is 5.32 Å². The maximum absolute atomic E-state index is 13.9. The van der Waals surface area contributed by atoms with Gasteiger partial charge in [-0.05, 0) is 52.9 Å². The molecule has 0 amide bonds. The van der Waals surface area contributed by atoms with E-state index in [1.165, 1.54) is 9.64 Å². The smallest absolute Gasteiger partial charge is 0.165 e. The van der Waals surface area contributed by atoms with E-state index in [0.717, 1.165) is 17.7 Å². The zero-order valence-corrected chi connectivity index (χ0v) is 13.5. The quantitative estimate of drug-likeness (QED) is 0.756. The molecule has 2 aromatic rings. The van der Waals surface area contributed by atoms with Gasteiger partial charge in [0.05, 0.1) is 0 Å². The zero-order chi connectivity index (χ0) is 14.4. The normalized spacial score (nSPS) is 10.6. The van der Waals surface area contributed by atoms with Crippen molar-refractivity contribution in [2.75, 3.05) is 6.54 Å². The maximum atomic E-state index is 13.9. The summed E-state index contributed by atoms with van der Waals surface area (Å²) < 4.78 is 20.7. The van der Waals surface area contributed by atoms with Gasteiger partial charge >= 0.3 is 0 Å². The summed E-state index contributed by atoms with van der Waals surface area (Å²) in [7, 11) is 0. The summed E-state index contributed by atoms with van der Waals surface area (Å²) >= 11 is 2.25. The highest BCUT2D eigenvalue weighted by atomic mass is 127. The van der Waals surface area contributed by atoms with Crippen molar-refractivity contribution >= 4 is 22.6 Å². The second-order valence-corrected chi connectivity index (χ2v) is 5.67. The highest BCUT2D eigenvalue weighted by Crippen LogP contribution is 2.24. The third-order valence-corrected chi connectivity index (χ3v) is 3.63. The van der Waals surface area contributed by atoms with Crippen molar-refractivity contribution in [2.24, 2.45) is 0 Å². The second kappa shape index (κ2) is 7.59. The first-order valence-electron chi connectivity index (χ1n) is 6.56. The van der Waals surface area contributed by atoms with Crippen LogP contribution in [0.1, 0.15) is 18.1 Å². The van der Waals surface area contributed by atoms with Crippen LogP contribution in [0.3, 0.4) is 0 Å². The van der Waals surface area contributed by atoms with Gasteiger partial charge in [0, 0.05) is 15.7 Å². The van der Waals surface area contributed by atoms with Gasteiger partial charge in [0.25, 0.3) is 0 Å². The molecule has 0 bridgehead atoms. The number of benzene rings is 2. The van der Waals surface area contributed by atoms with Gasteiger partial charge in [-0.15, -0.1) is 0 Å². The first kappa shape index (κ1) is 15.3. The van der Waals surface area contributed by atoms with Gasteiger partial charge in [-0.2, -0.15) is 0 Å². The third-order valence-electron chi connectivity index (χ3n) is 2.91. The van der Waals surface area contributed by atoms with E-state index < -0.39 is 0 Å². The van der Waals surface area contributed by atoms with E-state index in [1.807, 2.05) is 37.3 Å². The second-order valence-electron chi connectivity index (χ2n) is 4.42. The number of hydrogen-bond acceptors (Lipinski definition) is 2. The van der Waals surface area contributed by atoms with Crippen molar-refractivity contribution in [3.05, 3.63) is 63.0 Å². The van der Waals surface area contributed by atoms with Crippen molar-refractivity contribution < 1.29 is 9.13 Å². The lowest BCUT2D eigenvalue weighted by Gasteiger charge is -2.13. The van der Waals surface area contributed by atoms with Crippen molar-refractivity contribution in [1.29, 1.82) is 0 Å². The minimum absolute atomic E-state index is 0.314. The number of nitrogens with one attached hydrogen (secondary N) is 1. The molecule has 0 saturated carbocycles. The molecule has 2 aromatic carbocycles. The number of halogens is 2. The third kappa shape index (κ3) is 4.18. The van der Waals surface area contributed by atoms with E-state index in [1.54, 1.807) is 6.07 Å². The van der Waals surface area contributed by atoms with Crippen LogP contribution in [0.15, 0.2) is 42.5 Å². The average molecular weight is 385 g/mol. The van der Waals surface area contributed by atoms with Gasteiger partial charge in [-0.25, -0.2) is 4.39 Å². The molecule has 0 aromatic heterocycles. The molecule has 0 fully saturated rings. The summed E-state index contributed by atoms with van der Waals surface area (Å²) in [5.74, 6) is 0.0258. The number of rotatable bonds is 6. The molecule has 4 heteroatoms. The van der Waals surface area contributed by atoms with Crippen LogP contribution in [0.25, 0.3) is 0 Å². The molecule has 20 heavy (non-hydrogen) atoms. The highest BCUT2D eigenvalue weighted by Gasteiger charge is 2.09. The largest absolute Gasteiger partial charge is 0.485 e. The minimum Gasteiger partial charge on any atom is -0.485 e. The number of hydrogen-bond donors (Lipinski definition) is 1. The Bertz CT molecular complexity index is 557. The molecule has 0 aliphatic rings. The molecule has 0 spiro atoms. The van der Waals surface area contributed by atoms with Crippen LogP contribution in [-0.2, 0) is 13.2 Å². The molecule has 0 radical (unpaired) electrons. The standard InChI is InChI=1S/C16H17FINO/c1-2-19-10-13-4-3-5-15(17)16(13)20-11-12-6-8-14(18)9-7-12/h3-9,19H,2,10-11H2,1H3. The first-order chi connectivity index (χ1) is 9.70. The van der Waals surface area contributed by atoms with Crippen molar-refractivity contribution in [2.45, 2.75) is 20.1 Å². The van der Waals surface area contributed by atoms with Gasteiger partial charge < -0.3 is 10.1 Å². The lowest BCUT2D eigenvalue weighted by Crippen LogP contribution is -2.13. The fourth-order valence-electron chi connectivity index (χ4n) is 1.85. The van der Waals surface area contributed by atoms with E-state index in [2.05, 4.69) is 27.9 Å². The van der Waals surface area contributed by atoms with Gasteiger partial charge in [0.2, 0.25) is 0 Å². The van der Waals surface area contributed by atoms with Crippen molar-refractivity contribution in [3.63, 3.8) is 0 Å². The topological polar surface area (TPSA) is 21.3 Å². The van der Waals surface area contributed by atoms with Crippen LogP contribution in [-0.4, -0.2) is 6.54 Å². The molecule has 0 aliphatic carbocycles. The Morgan fingerprint density at radius 2 is 1.90 bits per heavy atom. The highest BCUT2D eigenvalue weighted by molar-refractivity contribution is 14.1. The Labute approximate surface area is 132 Å². The molecule has 106 valence electrons. The predicted octanol–water partition coefficient (Wildman–Crippen LogP) is 4.12. The fourth-order valence-corrected chi connectivity index (χ4v) is 2.21. The molecule has 0 saturated heterocycles. The number of ether oxygens (including phenoxy) is 1. The minimum atomic E-state index is -0.314. The van der Waals surface area contributed by atoms with E-state index in [9.17, 15) is 4.39 Å². The molecule has 0 unspecified atom stereocenters. The Hall–Kier alpha value is -1.14. The average Bonchev–Trinajstić information content (AvgIpc) is 2.46. The molecule has 0 aliphatic heterocycles. The Morgan fingerprint density at radius 3 is 2.60 bits per heavy atom. The summed E-state index contributed by atoms with van der Waals surface area (Å²) in [6, 6.07) is 13.0. The summed E-state index contributed by atoms with van der Waals surface area (Å²) in [5.41, 5.74) is 1.88. The van der Waals surface area contributed by atoms with Gasteiger partial charge in [-0.3, -0.25) is 0 Å².